The third-order valence-electron chi connectivity index (χ3n) is 5.06. The fourth-order valence-electron chi connectivity index (χ4n) is 3.80. The fourth-order valence-corrected chi connectivity index (χ4v) is 3.80. The first-order valence-corrected chi connectivity index (χ1v) is 8.52. The van der Waals surface area contributed by atoms with Gasteiger partial charge in [-0.15, -0.1) is 0 Å². The van der Waals surface area contributed by atoms with Crippen molar-refractivity contribution >= 4 is 10.8 Å². The van der Waals surface area contributed by atoms with Gasteiger partial charge in [-0.05, 0) is 31.1 Å². The Morgan fingerprint density at radius 2 is 1.68 bits per heavy atom. The first-order chi connectivity index (χ1) is 10.6. The summed E-state index contributed by atoms with van der Waals surface area (Å²) < 4.78 is 0. The third-order valence-corrected chi connectivity index (χ3v) is 5.06. The number of phenolic OH excluding ortho intramolecular Hbond substituents is 2. The molecule has 2 aromatic rings. The minimum absolute atomic E-state index is 0.379. The van der Waals surface area contributed by atoms with E-state index >= 15 is 0 Å². The zero-order valence-electron chi connectivity index (χ0n) is 13.6. The maximum Gasteiger partial charge on any atom is 0.127 e. The lowest BCUT2D eigenvalue weighted by Gasteiger charge is -2.27. The van der Waals surface area contributed by atoms with Crippen molar-refractivity contribution in [1.29, 1.82) is 0 Å². The molecule has 0 aliphatic heterocycles. The summed E-state index contributed by atoms with van der Waals surface area (Å²) in [5.74, 6) is 2.16. The molecule has 118 valence electrons. The molecule has 1 aliphatic carbocycles. The smallest absolute Gasteiger partial charge is 0.127 e. The van der Waals surface area contributed by atoms with E-state index in [4.69, 9.17) is 0 Å². The molecule has 2 N–H and O–H groups in total. The summed E-state index contributed by atoms with van der Waals surface area (Å²) in [7, 11) is 0. The molecule has 0 saturated carbocycles. The van der Waals surface area contributed by atoms with Gasteiger partial charge in [0, 0.05) is 21.9 Å². The second-order valence-electron chi connectivity index (χ2n) is 7.13. The van der Waals surface area contributed by atoms with Crippen molar-refractivity contribution in [2.24, 2.45) is 11.8 Å². The summed E-state index contributed by atoms with van der Waals surface area (Å²) in [6.45, 7) is 4.54. The van der Waals surface area contributed by atoms with E-state index in [1.165, 1.54) is 19.3 Å². The zero-order valence-corrected chi connectivity index (χ0v) is 13.6. The van der Waals surface area contributed by atoms with E-state index < -0.39 is 0 Å². The lowest BCUT2D eigenvalue weighted by Crippen LogP contribution is -2.15. The van der Waals surface area contributed by atoms with Gasteiger partial charge in [0.15, 0.2) is 0 Å². The molecule has 2 aromatic carbocycles. The Balaban J connectivity index is 1.87. The van der Waals surface area contributed by atoms with Crippen LogP contribution in [-0.2, 0) is 12.8 Å². The van der Waals surface area contributed by atoms with Crippen molar-refractivity contribution in [1.82, 2.24) is 0 Å². The third kappa shape index (κ3) is 2.79. The highest BCUT2D eigenvalue weighted by Gasteiger charge is 2.25. The Bertz CT molecular complexity index is 673. The monoisotopic (exact) mass is 298 g/mol. The van der Waals surface area contributed by atoms with Gasteiger partial charge in [-0.2, -0.15) is 0 Å². The van der Waals surface area contributed by atoms with Gasteiger partial charge in [-0.1, -0.05) is 57.4 Å². The average Bonchev–Trinajstić information content (AvgIpc) is 2.52. The quantitative estimate of drug-likeness (QED) is 0.763. The van der Waals surface area contributed by atoms with Crippen LogP contribution in [0.15, 0.2) is 24.3 Å². The summed E-state index contributed by atoms with van der Waals surface area (Å²) in [6, 6.07) is 7.61. The molecule has 0 saturated heterocycles. The Kier molecular flexibility index (Phi) is 4.28. The molecule has 0 spiro atoms. The Hall–Kier alpha value is -1.70. The largest absolute Gasteiger partial charge is 0.507 e. The molecule has 1 unspecified atom stereocenters. The second-order valence-corrected chi connectivity index (χ2v) is 7.13. The number of hydrogen-bond acceptors (Lipinski definition) is 2. The summed E-state index contributed by atoms with van der Waals surface area (Å²) in [5.41, 5.74) is 1.95. The van der Waals surface area contributed by atoms with Crippen molar-refractivity contribution in [2.75, 3.05) is 0 Å². The SMILES string of the molecule is CC(C)CCCC1CCc2c(c(O)c3ccccc3c2O)C1. The molecular weight excluding hydrogens is 272 g/mol. The molecule has 1 atom stereocenters. The lowest BCUT2D eigenvalue weighted by atomic mass is 9.79. The molecular formula is C20H26O2. The minimum Gasteiger partial charge on any atom is -0.507 e. The number of benzene rings is 2. The van der Waals surface area contributed by atoms with Crippen LogP contribution < -0.4 is 0 Å². The van der Waals surface area contributed by atoms with E-state index in [0.717, 1.165) is 47.1 Å². The van der Waals surface area contributed by atoms with Gasteiger partial charge in [-0.3, -0.25) is 0 Å². The molecule has 0 aromatic heterocycles. The number of rotatable bonds is 4. The topological polar surface area (TPSA) is 40.5 Å². The molecule has 1 aliphatic rings. The van der Waals surface area contributed by atoms with Gasteiger partial charge in [0.05, 0.1) is 0 Å². The highest BCUT2D eigenvalue weighted by Crippen LogP contribution is 2.44. The summed E-state index contributed by atoms with van der Waals surface area (Å²) in [5, 5.41) is 22.7. The van der Waals surface area contributed by atoms with Gasteiger partial charge >= 0.3 is 0 Å². The molecule has 22 heavy (non-hydrogen) atoms. The fraction of sp³-hybridized carbons (Fsp3) is 0.500. The maximum atomic E-state index is 10.6. The average molecular weight is 298 g/mol. The van der Waals surface area contributed by atoms with Crippen LogP contribution in [0, 0.1) is 11.8 Å². The van der Waals surface area contributed by atoms with E-state index in [1.807, 2.05) is 24.3 Å². The Labute approximate surface area is 132 Å². The van der Waals surface area contributed by atoms with Crippen LogP contribution in [0.1, 0.15) is 50.7 Å². The van der Waals surface area contributed by atoms with Crippen molar-refractivity contribution in [3.63, 3.8) is 0 Å². The van der Waals surface area contributed by atoms with Gasteiger partial charge in [0.25, 0.3) is 0 Å². The number of phenols is 2. The molecule has 0 fully saturated rings. The van der Waals surface area contributed by atoms with Crippen LogP contribution >= 0.6 is 0 Å². The van der Waals surface area contributed by atoms with Gasteiger partial charge in [0.1, 0.15) is 11.5 Å². The summed E-state index contributed by atoms with van der Waals surface area (Å²) in [4.78, 5) is 0. The van der Waals surface area contributed by atoms with Crippen molar-refractivity contribution < 1.29 is 10.2 Å². The predicted molar refractivity (Wildman–Crippen MR) is 91.5 cm³/mol. The molecule has 2 nitrogen and oxygen atoms in total. The van der Waals surface area contributed by atoms with Gasteiger partial charge in [-0.25, -0.2) is 0 Å². The highest BCUT2D eigenvalue weighted by atomic mass is 16.3. The molecule has 3 rings (SSSR count). The van der Waals surface area contributed by atoms with Crippen LogP contribution in [-0.4, -0.2) is 10.2 Å². The molecule has 0 radical (unpaired) electrons. The van der Waals surface area contributed by atoms with E-state index in [9.17, 15) is 10.2 Å². The Morgan fingerprint density at radius 3 is 2.32 bits per heavy atom. The number of fused-ring (bicyclic) bond motifs is 2. The number of hydrogen-bond donors (Lipinski definition) is 2. The van der Waals surface area contributed by atoms with E-state index in [0.29, 0.717) is 17.4 Å². The number of aromatic hydroxyl groups is 2. The van der Waals surface area contributed by atoms with Crippen LogP contribution in [0.5, 0.6) is 11.5 Å². The first-order valence-electron chi connectivity index (χ1n) is 8.52. The minimum atomic E-state index is 0.379. The van der Waals surface area contributed by atoms with Crippen molar-refractivity contribution in [2.45, 2.75) is 52.4 Å². The van der Waals surface area contributed by atoms with Crippen molar-refractivity contribution in [3.05, 3.63) is 35.4 Å². The van der Waals surface area contributed by atoms with E-state index in [-0.39, 0.29) is 0 Å². The van der Waals surface area contributed by atoms with E-state index in [2.05, 4.69) is 13.8 Å². The zero-order chi connectivity index (χ0) is 15.7. The predicted octanol–water partition coefficient (Wildman–Crippen LogP) is 5.18. The van der Waals surface area contributed by atoms with Crippen LogP contribution in [0.2, 0.25) is 0 Å². The lowest BCUT2D eigenvalue weighted by molar-refractivity contribution is 0.374. The van der Waals surface area contributed by atoms with E-state index in [1.54, 1.807) is 0 Å². The van der Waals surface area contributed by atoms with Crippen LogP contribution in [0.4, 0.5) is 0 Å². The van der Waals surface area contributed by atoms with Gasteiger partial charge < -0.3 is 10.2 Å². The van der Waals surface area contributed by atoms with Crippen molar-refractivity contribution in [3.8, 4) is 11.5 Å². The summed E-state index contributed by atoms with van der Waals surface area (Å²) in [6.07, 6.45) is 6.67. The van der Waals surface area contributed by atoms with Gasteiger partial charge in [0.2, 0.25) is 0 Å². The normalized spacial score (nSPS) is 17.9. The van der Waals surface area contributed by atoms with Crippen LogP contribution in [0.3, 0.4) is 0 Å². The molecule has 0 heterocycles. The maximum absolute atomic E-state index is 10.6. The highest BCUT2D eigenvalue weighted by molar-refractivity contribution is 5.95. The Morgan fingerprint density at radius 1 is 1.05 bits per heavy atom. The van der Waals surface area contributed by atoms with Crippen LogP contribution in [0.25, 0.3) is 10.8 Å². The standard InChI is InChI=1S/C20H26O2/c1-13(2)6-5-7-14-10-11-17-18(12-14)20(22)16-9-4-3-8-15(16)19(17)21/h3-4,8-9,13-14,21-22H,5-7,10-12H2,1-2H3. The first kappa shape index (κ1) is 15.2. The molecule has 0 bridgehead atoms. The second kappa shape index (κ2) is 6.20. The summed E-state index contributed by atoms with van der Waals surface area (Å²) >= 11 is 0. The molecule has 2 heteroatoms. The molecule has 0 amide bonds.